The van der Waals surface area contributed by atoms with Gasteiger partial charge in [-0.1, -0.05) is 0 Å². The summed E-state index contributed by atoms with van der Waals surface area (Å²) in [7, 11) is 0. The van der Waals surface area contributed by atoms with Crippen molar-refractivity contribution < 1.29 is 4.79 Å². The number of aromatic nitrogens is 3. The zero-order valence-corrected chi connectivity index (χ0v) is 11.7. The van der Waals surface area contributed by atoms with Gasteiger partial charge in [-0.05, 0) is 31.5 Å². The molecule has 0 aliphatic rings. The molecule has 0 bridgehead atoms. The summed E-state index contributed by atoms with van der Waals surface area (Å²) in [5, 5.41) is 10.2. The first-order valence-corrected chi connectivity index (χ1v) is 6.60. The molecule has 2 aromatic rings. The van der Waals surface area contributed by atoms with Crippen molar-refractivity contribution >= 4 is 11.6 Å². The lowest BCUT2D eigenvalue weighted by molar-refractivity contribution is -0.124. The Kier molecular flexibility index (Phi) is 4.70. The van der Waals surface area contributed by atoms with Gasteiger partial charge < -0.3 is 10.6 Å². The van der Waals surface area contributed by atoms with Crippen LogP contribution in [0.3, 0.4) is 0 Å². The molecule has 6 heteroatoms. The number of rotatable bonds is 6. The monoisotopic (exact) mass is 273 g/mol. The van der Waals surface area contributed by atoms with Crippen LogP contribution in [0.1, 0.15) is 18.5 Å². The van der Waals surface area contributed by atoms with E-state index < -0.39 is 0 Å². The lowest BCUT2D eigenvalue weighted by Crippen LogP contribution is -2.34. The van der Waals surface area contributed by atoms with E-state index in [4.69, 9.17) is 0 Å². The predicted octanol–water partition coefficient (Wildman–Crippen LogP) is 1.38. The van der Waals surface area contributed by atoms with Crippen molar-refractivity contribution in [3.05, 3.63) is 42.5 Å². The minimum Gasteiger partial charge on any atom is -0.383 e. The molecule has 2 heterocycles. The van der Waals surface area contributed by atoms with Gasteiger partial charge in [-0.3, -0.25) is 14.5 Å². The maximum absolute atomic E-state index is 11.9. The first-order chi connectivity index (χ1) is 9.68. The highest BCUT2D eigenvalue weighted by atomic mass is 16.2. The van der Waals surface area contributed by atoms with E-state index in [9.17, 15) is 4.79 Å². The summed E-state index contributed by atoms with van der Waals surface area (Å²) in [5.41, 5.74) is 2.12. The lowest BCUT2D eigenvalue weighted by Gasteiger charge is -2.13. The minimum absolute atomic E-state index is 0.0399. The number of amides is 1. The number of nitrogens with one attached hydrogen (secondary N) is 2. The van der Waals surface area contributed by atoms with Crippen molar-refractivity contribution in [2.24, 2.45) is 0 Å². The van der Waals surface area contributed by atoms with Crippen LogP contribution in [0.15, 0.2) is 36.9 Å². The number of anilines is 1. The molecule has 1 atom stereocenters. The topological polar surface area (TPSA) is 71.8 Å². The SMILES string of the molecule is Cc1cnccc1NCCNC(=O)C(C)n1cccn1. The highest BCUT2D eigenvalue weighted by Crippen LogP contribution is 2.10. The Morgan fingerprint density at radius 1 is 1.40 bits per heavy atom. The fraction of sp³-hybridized carbons (Fsp3) is 0.357. The van der Waals surface area contributed by atoms with Crippen LogP contribution in [-0.2, 0) is 4.79 Å². The minimum atomic E-state index is -0.298. The second-order valence-electron chi connectivity index (χ2n) is 4.57. The van der Waals surface area contributed by atoms with Gasteiger partial charge in [-0.2, -0.15) is 5.10 Å². The van der Waals surface area contributed by atoms with Gasteiger partial charge in [0.05, 0.1) is 0 Å². The summed E-state index contributed by atoms with van der Waals surface area (Å²) < 4.78 is 1.63. The van der Waals surface area contributed by atoms with Crippen LogP contribution in [0.4, 0.5) is 5.69 Å². The third-order valence-electron chi connectivity index (χ3n) is 3.06. The van der Waals surface area contributed by atoms with Crippen molar-refractivity contribution in [2.45, 2.75) is 19.9 Å². The number of aryl methyl sites for hydroxylation is 1. The average Bonchev–Trinajstić information content (AvgIpc) is 2.98. The molecule has 0 radical (unpaired) electrons. The molecule has 2 N–H and O–H groups in total. The number of hydrogen-bond acceptors (Lipinski definition) is 4. The van der Waals surface area contributed by atoms with Gasteiger partial charge >= 0.3 is 0 Å². The summed E-state index contributed by atoms with van der Waals surface area (Å²) in [4.78, 5) is 15.9. The Morgan fingerprint density at radius 3 is 2.95 bits per heavy atom. The van der Waals surface area contributed by atoms with Crippen LogP contribution in [-0.4, -0.2) is 33.8 Å². The zero-order chi connectivity index (χ0) is 14.4. The molecular weight excluding hydrogens is 254 g/mol. The van der Waals surface area contributed by atoms with Crippen LogP contribution in [0.25, 0.3) is 0 Å². The smallest absolute Gasteiger partial charge is 0.244 e. The number of pyridine rings is 1. The Balaban J connectivity index is 1.73. The van der Waals surface area contributed by atoms with Crippen molar-refractivity contribution in [3.8, 4) is 0 Å². The Labute approximate surface area is 118 Å². The van der Waals surface area contributed by atoms with Crippen LogP contribution in [0, 0.1) is 6.92 Å². The molecule has 0 spiro atoms. The molecule has 0 saturated heterocycles. The van der Waals surface area contributed by atoms with E-state index in [1.807, 2.05) is 19.9 Å². The van der Waals surface area contributed by atoms with Crippen LogP contribution in [0.5, 0.6) is 0 Å². The maximum atomic E-state index is 11.9. The van der Waals surface area contributed by atoms with Crippen LogP contribution < -0.4 is 10.6 Å². The largest absolute Gasteiger partial charge is 0.383 e. The fourth-order valence-corrected chi connectivity index (χ4v) is 1.83. The summed E-state index contributed by atoms with van der Waals surface area (Å²) in [6, 6.07) is 3.42. The molecule has 6 nitrogen and oxygen atoms in total. The van der Waals surface area contributed by atoms with Crippen molar-refractivity contribution in [1.82, 2.24) is 20.1 Å². The third-order valence-corrected chi connectivity index (χ3v) is 3.06. The van der Waals surface area contributed by atoms with Gasteiger partial charge in [0.15, 0.2) is 0 Å². The first kappa shape index (κ1) is 14.0. The maximum Gasteiger partial charge on any atom is 0.244 e. The van der Waals surface area contributed by atoms with Gasteiger partial charge in [0, 0.05) is 43.6 Å². The second-order valence-corrected chi connectivity index (χ2v) is 4.57. The Hall–Kier alpha value is -2.37. The first-order valence-electron chi connectivity index (χ1n) is 6.60. The van der Waals surface area contributed by atoms with Gasteiger partial charge in [0.1, 0.15) is 6.04 Å². The molecule has 106 valence electrons. The molecule has 0 aliphatic heterocycles. The number of carbonyl (C=O) groups excluding carboxylic acids is 1. The number of hydrogen-bond donors (Lipinski definition) is 2. The van der Waals surface area contributed by atoms with Gasteiger partial charge in [0.25, 0.3) is 0 Å². The summed E-state index contributed by atoms with van der Waals surface area (Å²) >= 11 is 0. The summed E-state index contributed by atoms with van der Waals surface area (Å²) in [6.45, 7) is 5.05. The van der Waals surface area contributed by atoms with Gasteiger partial charge in [-0.25, -0.2) is 0 Å². The molecule has 0 fully saturated rings. The molecular formula is C14H19N5O. The van der Waals surface area contributed by atoms with Gasteiger partial charge in [-0.15, -0.1) is 0 Å². The number of carbonyl (C=O) groups is 1. The number of nitrogens with zero attached hydrogens (tertiary/aromatic N) is 3. The molecule has 1 unspecified atom stereocenters. The van der Waals surface area contributed by atoms with E-state index in [0.717, 1.165) is 11.3 Å². The van der Waals surface area contributed by atoms with E-state index in [2.05, 4.69) is 20.7 Å². The summed E-state index contributed by atoms with van der Waals surface area (Å²) in [5.74, 6) is -0.0399. The van der Waals surface area contributed by atoms with E-state index in [1.54, 1.807) is 35.5 Å². The highest BCUT2D eigenvalue weighted by Gasteiger charge is 2.13. The van der Waals surface area contributed by atoms with E-state index in [-0.39, 0.29) is 11.9 Å². The quantitative estimate of drug-likeness (QED) is 0.780. The van der Waals surface area contributed by atoms with Crippen molar-refractivity contribution in [3.63, 3.8) is 0 Å². The molecule has 2 rings (SSSR count). The Morgan fingerprint density at radius 2 is 2.25 bits per heavy atom. The molecule has 1 amide bonds. The van der Waals surface area contributed by atoms with Crippen LogP contribution >= 0.6 is 0 Å². The average molecular weight is 273 g/mol. The standard InChI is InChI=1S/C14H19N5O/c1-11-10-15-6-4-13(11)16-7-8-17-14(20)12(2)19-9-3-5-18-19/h3-6,9-10,12H,7-8H2,1-2H3,(H,15,16)(H,17,20). The van der Waals surface area contributed by atoms with E-state index in [0.29, 0.717) is 13.1 Å². The normalized spacial score (nSPS) is 11.9. The zero-order valence-electron chi connectivity index (χ0n) is 11.7. The van der Waals surface area contributed by atoms with Gasteiger partial charge in [0.2, 0.25) is 5.91 Å². The second kappa shape index (κ2) is 6.70. The van der Waals surface area contributed by atoms with E-state index in [1.165, 1.54) is 0 Å². The van der Waals surface area contributed by atoms with Crippen molar-refractivity contribution in [1.29, 1.82) is 0 Å². The van der Waals surface area contributed by atoms with Crippen LogP contribution in [0.2, 0.25) is 0 Å². The molecule has 2 aromatic heterocycles. The lowest BCUT2D eigenvalue weighted by atomic mass is 10.2. The predicted molar refractivity (Wildman–Crippen MR) is 77.4 cm³/mol. The Bertz CT molecular complexity index is 552. The molecule has 0 saturated carbocycles. The third kappa shape index (κ3) is 3.57. The highest BCUT2D eigenvalue weighted by molar-refractivity contribution is 5.79. The fourth-order valence-electron chi connectivity index (χ4n) is 1.83. The van der Waals surface area contributed by atoms with Crippen molar-refractivity contribution in [2.75, 3.05) is 18.4 Å². The molecule has 20 heavy (non-hydrogen) atoms. The molecule has 0 aliphatic carbocycles. The summed E-state index contributed by atoms with van der Waals surface area (Å²) in [6.07, 6.45) is 6.99. The van der Waals surface area contributed by atoms with E-state index >= 15 is 0 Å². The molecule has 0 aromatic carbocycles.